The second kappa shape index (κ2) is 3.73. The van der Waals surface area contributed by atoms with Crippen molar-refractivity contribution in [2.24, 2.45) is 5.92 Å². The summed E-state index contributed by atoms with van der Waals surface area (Å²) in [7, 11) is 0. The quantitative estimate of drug-likeness (QED) is 0.674. The molecule has 2 aliphatic heterocycles. The minimum atomic E-state index is -0.289. The van der Waals surface area contributed by atoms with Gasteiger partial charge in [-0.1, -0.05) is 6.92 Å². The van der Waals surface area contributed by atoms with E-state index in [9.17, 15) is 4.79 Å². The molecule has 3 nitrogen and oxygen atoms in total. The van der Waals surface area contributed by atoms with Crippen molar-refractivity contribution in [3.05, 3.63) is 12.3 Å². The van der Waals surface area contributed by atoms with Crippen LogP contribution in [-0.2, 0) is 14.3 Å². The summed E-state index contributed by atoms with van der Waals surface area (Å²) in [4.78, 5) is 11.4. The maximum atomic E-state index is 11.4. The standard InChI is InChI=1S/C11H16O3/c1-2-11(9-3-5-13-8-9)7-10(12)4-6-14-11/h4,6,9H,2-3,5,7-8H2,1H3. The number of allylic oxidation sites excluding steroid dienone is 1. The average molecular weight is 196 g/mol. The van der Waals surface area contributed by atoms with Crippen LogP contribution in [0.3, 0.4) is 0 Å². The molecule has 1 saturated heterocycles. The van der Waals surface area contributed by atoms with Gasteiger partial charge in [-0.2, -0.15) is 0 Å². The fraction of sp³-hybridized carbons (Fsp3) is 0.727. The molecule has 0 radical (unpaired) electrons. The van der Waals surface area contributed by atoms with Crippen LogP contribution in [0.2, 0.25) is 0 Å². The van der Waals surface area contributed by atoms with Crippen molar-refractivity contribution < 1.29 is 14.3 Å². The summed E-state index contributed by atoms with van der Waals surface area (Å²) in [5, 5.41) is 0. The Morgan fingerprint density at radius 2 is 2.50 bits per heavy atom. The topological polar surface area (TPSA) is 35.5 Å². The smallest absolute Gasteiger partial charge is 0.162 e. The molecule has 0 aromatic rings. The fourth-order valence-electron chi connectivity index (χ4n) is 2.33. The summed E-state index contributed by atoms with van der Waals surface area (Å²) >= 11 is 0. The monoisotopic (exact) mass is 196 g/mol. The van der Waals surface area contributed by atoms with Crippen LogP contribution in [0.5, 0.6) is 0 Å². The van der Waals surface area contributed by atoms with E-state index in [1.54, 1.807) is 6.26 Å². The van der Waals surface area contributed by atoms with Crippen LogP contribution < -0.4 is 0 Å². The van der Waals surface area contributed by atoms with Crippen molar-refractivity contribution in [2.45, 2.75) is 31.8 Å². The molecule has 2 atom stereocenters. The van der Waals surface area contributed by atoms with Gasteiger partial charge in [0.15, 0.2) is 5.78 Å². The Kier molecular flexibility index (Phi) is 2.59. The highest BCUT2D eigenvalue weighted by atomic mass is 16.5. The molecule has 0 bridgehead atoms. The molecule has 0 aliphatic carbocycles. The Morgan fingerprint density at radius 1 is 1.64 bits per heavy atom. The van der Waals surface area contributed by atoms with Crippen LogP contribution >= 0.6 is 0 Å². The summed E-state index contributed by atoms with van der Waals surface area (Å²) in [5.41, 5.74) is -0.289. The Balaban J connectivity index is 2.16. The summed E-state index contributed by atoms with van der Waals surface area (Å²) < 4.78 is 11.0. The number of carbonyl (C=O) groups excluding carboxylic acids is 1. The molecule has 2 unspecified atom stereocenters. The van der Waals surface area contributed by atoms with Gasteiger partial charge in [-0.3, -0.25) is 4.79 Å². The van der Waals surface area contributed by atoms with E-state index in [0.717, 1.165) is 26.1 Å². The third kappa shape index (κ3) is 1.57. The van der Waals surface area contributed by atoms with Gasteiger partial charge in [-0.05, 0) is 12.8 Å². The molecule has 0 N–H and O–H groups in total. The maximum absolute atomic E-state index is 11.4. The Hall–Kier alpha value is -0.830. The third-order valence-corrected chi connectivity index (χ3v) is 3.30. The molecule has 3 heteroatoms. The lowest BCUT2D eigenvalue weighted by Gasteiger charge is -2.38. The first-order chi connectivity index (χ1) is 6.77. The van der Waals surface area contributed by atoms with Gasteiger partial charge in [0.1, 0.15) is 5.60 Å². The Morgan fingerprint density at radius 3 is 3.07 bits per heavy atom. The molecular formula is C11H16O3. The minimum absolute atomic E-state index is 0.171. The number of ketones is 1. The fourth-order valence-corrected chi connectivity index (χ4v) is 2.33. The number of hydrogen-bond acceptors (Lipinski definition) is 3. The van der Waals surface area contributed by atoms with E-state index in [1.165, 1.54) is 6.08 Å². The zero-order valence-electron chi connectivity index (χ0n) is 8.49. The maximum Gasteiger partial charge on any atom is 0.162 e. The third-order valence-electron chi connectivity index (χ3n) is 3.30. The van der Waals surface area contributed by atoms with Gasteiger partial charge in [0.05, 0.1) is 19.3 Å². The molecule has 1 fully saturated rings. The predicted molar refractivity (Wildman–Crippen MR) is 51.8 cm³/mol. The first-order valence-corrected chi connectivity index (χ1v) is 5.22. The molecule has 2 heterocycles. The van der Waals surface area contributed by atoms with E-state index < -0.39 is 0 Å². The van der Waals surface area contributed by atoms with E-state index in [1.807, 2.05) is 0 Å². The summed E-state index contributed by atoms with van der Waals surface area (Å²) in [6.07, 6.45) is 5.46. The van der Waals surface area contributed by atoms with Crippen LogP contribution in [-0.4, -0.2) is 24.6 Å². The number of carbonyl (C=O) groups is 1. The lowest BCUT2D eigenvalue weighted by atomic mass is 9.79. The van der Waals surface area contributed by atoms with Crippen LogP contribution in [0.1, 0.15) is 26.2 Å². The van der Waals surface area contributed by atoms with Gasteiger partial charge in [0, 0.05) is 18.6 Å². The second-order valence-corrected chi connectivity index (χ2v) is 4.04. The first-order valence-electron chi connectivity index (χ1n) is 5.22. The highest BCUT2D eigenvalue weighted by Gasteiger charge is 2.43. The summed E-state index contributed by atoms with van der Waals surface area (Å²) in [6, 6.07) is 0. The van der Waals surface area contributed by atoms with Crippen LogP contribution in [0.4, 0.5) is 0 Å². The highest BCUT2D eigenvalue weighted by Crippen LogP contribution is 2.37. The van der Waals surface area contributed by atoms with Gasteiger partial charge in [0.25, 0.3) is 0 Å². The number of hydrogen-bond donors (Lipinski definition) is 0. The van der Waals surface area contributed by atoms with E-state index in [2.05, 4.69) is 6.92 Å². The van der Waals surface area contributed by atoms with Crippen molar-refractivity contribution in [3.63, 3.8) is 0 Å². The number of rotatable bonds is 2. The molecular weight excluding hydrogens is 180 g/mol. The van der Waals surface area contributed by atoms with Crippen molar-refractivity contribution in [1.29, 1.82) is 0 Å². The molecule has 2 rings (SSSR count). The molecule has 0 amide bonds. The van der Waals surface area contributed by atoms with Crippen LogP contribution in [0.25, 0.3) is 0 Å². The van der Waals surface area contributed by atoms with Crippen molar-refractivity contribution >= 4 is 5.78 Å². The van der Waals surface area contributed by atoms with Crippen LogP contribution in [0, 0.1) is 5.92 Å². The SMILES string of the molecule is CCC1(C2CCOC2)CC(=O)C=CO1. The van der Waals surface area contributed by atoms with E-state index in [0.29, 0.717) is 12.3 Å². The second-order valence-electron chi connectivity index (χ2n) is 4.04. The van der Waals surface area contributed by atoms with E-state index >= 15 is 0 Å². The number of ether oxygens (including phenoxy) is 2. The summed E-state index contributed by atoms with van der Waals surface area (Å²) in [6.45, 7) is 3.60. The van der Waals surface area contributed by atoms with Crippen LogP contribution in [0.15, 0.2) is 12.3 Å². The Labute approximate surface area is 84.1 Å². The normalized spacial score (nSPS) is 37.2. The van der Waals surface area contributed by atoms with Gasteiger partial charge in [-0.25, -0.2) is 0 Å². The zero-order chi connectivity index (χ0) is 10.0. The van der Waals surface area contributed by atoms with Crippen molar-refractivity contribution in [3.8, 4) is 0 Å². The molecule has 0 aromatic heterocycles. The highest BCUT2D eigenvalue weighted by molar-refractivity contribution is 5.90. The lowest BCUT2D eigenvalue weighted by Crippen LogP contribution is -2.43. The van der Waals surface area contributed by atoms with Gasteiger partial charge >= 0.3 is 0 Å². The summed E-state index contributed by atoms with van der Waals surface area (Å²) in [5.74, 6) is 0.548. The molecule has 14 heavy (non-hydrogen) atoms. The average Bonchev–Trinajstić information content (AvgIpc) is 2.71. The van der Waals surface area contributed by atoms with Gasteiger partial charge in [0.2, 0.25) is 0 Å². The molecule has 0 saturated carbocycles. The van der Waals surface area contributed by atoms with Gasteiger partial charge in [-0.15, -0.1) is 0 Å². The molecule has 2 aliphatic rings. The van der Waals surface area contributed by atoms with Crippen molar-refractivity contribution in [1.82, 2.24) is 0 Å². The molecule has 78 valence electrons. The largest absolute Gasteiger partial charge is 0.494 e. The van der Waals surface area contributed by atoms with E-state index in [4.69, 9.17) is 9.47 Å². The zero-order valence-corrected chi connectivity index (χ0v) is 8.49. The molecule has 0 spiro atoms. The lowest BCUT2D eigenvalue weighted by molar-refractivity contribution is -0.126. The van der Waals surface area contributed by atoms with Gasteiger partial charge < -0.3 is 9.47 Å². The first kappa shape index (κ1) is 9.71. The predicted octanol–water partition coefficient (Wildman–Crippen LogP) is 1.67. The molecule has 0 aromatic carbocycles. The Bertz CT molecular complexity index is 253. The van der Waals surface area contributed by atoms with E-state index in [-0.39, 0.29) is 11.4 Å². The van der Waals surface area contributed by atoms with Crippen molar-refractivity contribution in [2.75, 3.05) is 13.2 Å². The minimum Gasteiger partial charge on any atom is -0.494 e.